The number of alkyl halides is 6. The topological polar surface area (TPSA) is 177 Å². The fraction of sp³-hybridized carbons (Fsp3) is 0.342. The lowest BCUT2D eigenvalue weighted by Gasteiger charge is -2.33. The maximum absolute atomic E-state index is 13.9. The number of hydrogen-bond donors (Lipinski definition) is 2. The highest BCUT2D eigenvalue weighted by molar-refractivity contribution is 7.19. The Kier molecular flexibility index (Phi) is 9.86. The minimum absolute atomic E-state index is 0.0402. The molecule has 0 radical (unpaired) electrons. The molecule has 2 aliphatic rings. The summed E-state index contributed by atoms with van der Waals surface area (Å²) in [7, 11) is 0. The first kappa shape index (κ1) is 39.8. The largest absolute Gasteiger partial charge is 0.442 e. The van der Waals surface area contributed by atoms with Gasteiger partial charge < -0.3 is 19.5 Å². The van der Waals surface area contributed by atoms with Crippen molar-refractivity contribution in [2.75, 3.05) is 40.1 Å². The maximum atomic E-state index is 13.9. The van der Waals surface area contributed by atoms with Gasteiger partial charge in [0.1, 0.15) is 40.3 Å². The number of rotatable bonds is 8. The van der Waals surface area contributed by atoms with E-state index in [1.54, 1.807) is 43.0 Å². The highest BCUT2D eigenvalue weighted by atomic mass is 32.1. The number of hydrogen-bond acceptors (Lipinski definition) is 13. The van der Waals surface area contributed by atoms with E-state index in [9.17, 15) is 35.9 Å². The predicted molar refractivity (Wildman–Crippen MR) is 210 cm³/mol. The molecule has 9 rings (SSSR count). The van der Waals surface area contributed by atoms with E-state index < -0.39 is 36.1 Å². The highest BCUT2D eigenvalue weighted by Gasteiger charge is 2.46. The van der Waals surface area contributed by atoms with Crippen LogP contribution in [0.2, 0.25) is 0 Å². The SMILES string of the molecule is Cc1nc(NC(=O)c2c(C)nn3ccc(N4CCCC4C(F)(F)F)nc23)sc1-c1cc(N2CCC(C(F)(F)F)CC2)nc2c(C(=O)Nc3cccc(-c4cnco4)n3)cnn12. The molecule has 0 saturated carbocycles. The summed E-state index contributed by atoms with van der Waals surface area (Å²) < 4.78 is 90.4. The van der Waals surface area contributed by atoms with E-state index in [-0.39, 0.29) is 83.8 Å². The van der Waals surface area contributed by atoms with Crippen molar-refractivity contribution in [1.82, 2.24) is 44.1 Å². The molecule has 0 bridgehead atoms. The molecule has 0 spiro atoms. The third-order valence-electron chi connectivity index (χ3n) is 10.7. The molecule has 2 N–H and O–H groups in total. The number of carbonyl (C=O) groups is 2. The van der Waals surface area contributed by atoms with Crippen LogP contribution in [-0.2, 0) is 0 Å². The Balaban J connectivity index is 1.04. The van der Waals surface area contributed by atoms with Gasteiger partial charge in [-0.1, -0.05) is 17.4 Å². The predicted octanol–water partition coefficient (Wildman–Crippen LogP) is 7.38. The summed E-state index contributed by atoms with van der Waals surface area (Å²) in [6.45, 7) is 3.52. The van der Waals surface area contributed by atoms with Gasteiger partial charge in [-0.2, -0.15) is 36.5 Å². The van der Waals surface area contributed by atoms with E-state index >= 15 is 0 Å². The lowest BCUT2D eigenvalue weighted by Crippen LogP contribution is -2.41. The number of anilines is 4. The first-order chi connectivity index (χ1) is 29.1. The van der Waals surface area contributed by atoms with Gasteiger partial charge in [0.05, 0.1) is 40.3 Å². The van der Waals surface area contributed by atoms with Crippen molar-refractivity contribution in [2.24, 2.45) is 5.92 Å². The smallest absolute Gasteiger partial charge is 0.408 e. The van der Waals surface area contributed by atoms with Crippen LogP contribution in [0.15, 0.2) is 59.7 Å². The summed E-state index contributed by atoms with van der Waals surface area (Å²) in [4.78, 5) is 53.2. The van der Waals surface area contributed by atoms with Gasteiger partial charge in [-0.15, -0.1) is 0 Å². The van der Waals surface area contributed by atoms with Crippen molar-refractivity contribution in [3.63, 3.8) is 0 Å². The summed E-state index contributed by atoms with van der Waals surface area (Å²) in [6, 6.07) is 6.31. The molecule has 0 aliphatic carbocycles. The van der Waals surface area contributed by atoms with Crippen molar-refractivity contribution < 1.29 is 40.3 Å². The lowest BCUT2D eigenvalue weighted by molar-refractivity contribution is -0.179. The molecule has 16 nitrogen and oxygen atoms in total. The van der Waals surface area contributed by atoms with E-state index in [0.717, 1.165) is 11.3 Å². The lowest BCUT2D eigenvalue weighted by atomic mass is 9.96. The molecule has 316 valence electrons. The first-order valence-corrected chi connectivity index (χ1v) is 19.8. The van der Waals surface area contributed by atoms with Gasteiger partial charge in [0.25, 0.3) is 11.8 Å². The van der Waals surface area contributed by atoms with Crippen molar-refractivity contribution >= 4 is 57.0 Å². The third kappa shape index (κ3) is 7.57. The Hall–Kier alpha value is -6.65. The summed E-state index contributed by atoms with van der Waals surface area (Å²) >= 11 is 1.07. The second kappa shape index (κ2) is 15.1. The second-order valence-electron chi connectivity index (χ2n) is 14.6. The number of nitrogens with zero attached hydrogens (tertiary/aromatic N) is 11. The van der Waals surface area contributed by atoms with Crippen molar-refractivity contribution in [3.05, 3.63) is 77.8 Å². The number of halogens is 6. The molecule has 0 aromatic carbocycles. The Bertz CT molecular complexity index is 2790. The number of thiazole rings is 1. The molecule has 7 aromatic heterocycles. The van der Waals surface area contributed by atoms with Crippen LogP contribution in [0, 0.1) is 19.8 Å². The third-order valence-corrected chi connectivity index (χ3v) is 11.8. The van der Waals surface area contributed by atoms with E-state index in [1.165, 1.54) is 45.0 Å². The highest BCUT2D eigenvalue weighted by Crippen LogP contribution is 2.39. The molecule has 2 saturated heterocycles. The number of piperidine rings is 1. The van der Waals surface area contributed by atoms with Crippen LogP contribution in [0.25, 0.3) is 33.3 Å². The molecular weight excluding hydrogens is 833 g/mol. The Morgan fingerprint density at radius 3 is 2.38 bits per heavy atom. The van der Waals surface area contributed by atoms with Gasteiger partial charge in [0.2, 0.25) is 0 Å². The van der Waals surface area contributed by atoms with Gasteiger partial charge in [-0.05, 0) is 57.7 Å². The van der Waals surface area contributed by atoms with Crippen LogP contribution in [0.1, 0.15) is 57.8 Å². The summed E-state index contributed by atoms with van der Waals surface area (Å²) in [5.74, 6) is -1.79. The number of carbonyl (C=O) groups excluding carboxylic acids is 2. The van der Waals surface area contributed by atoms with E-state index in [4.69, 9.17) is 9.40 Å². The molecule has 1 unspecified atom stereocenters. The normalized spacial score (nSPS) is 16.6. The van der Waals surface area contributed by atoms with Crippen LogP contribution >= 0.6 is 11.3 Å². The number of pyridine rings is 1. The number of oxazole rings is 1. The van der Waals surface area contributed by atoms with Crippen LogP contribution in [-0.4, -0.2) is 94.0 Å². The molecular formula is C38H33F6N13O3S. The summed E-state index contributed by atoms with van der Waals surface area (Å²) in [5, 5.41) is 14.5. The molecule has 2 aliphatic heterocycles. The fourth-order valence-electron chi connectivity index (χ4n) is 7.72. The van der Waals surface area contributed by atoms with Crippen molar-refractivity contribution in [2.45, 2.75) is 57.9 Å². The van der Waals surface area contributed by atoms with Gasteiger partial charge in [-0.3, -0.25) is 14.9 Å². The molecule has 2 fully saturated rings. The number of nitrogens with one attached hydrogen (secondary N) is 2. The number of aromatic nitrogens is 9. The van der Waals surface area contributed by atoms with E-state index in [2.05, 4.69) is 40.8 Å². The Labute approximate surface area is 344 Å². The standard InChI is InChI=1S/C38H33F6N13O3S/c1-19-30(33-50-28(10-14-56(33)53-19)55-11-4-6-26(55)38(42,43)44)35(59)52-36-47-20(2)31(61-36)24-15-29(54-12-8-21(9-13-54)37(39,40)41)51-32-22(16-46-57(24)32)34(58)49-27-7-3-5-23(48-27)25-17-45-18-60-25/h3,5,7,10,14-18,21,26H,4,6,8-9,11-13H2,1-2H3,(H,47,52,59)(H,48,49,58). The quantitative estimate of drug-likeness (QED) is 0.145. The van der Waals surface area contributed by atoms with Crippen LogP contribution in [0.4, 0.5) is 48.9 Å². The van der Waals surface area contributed by atoms with Gasteiger partial charge >= 0.3 is 12.4 Å². The number of amides is 2. The second-order valence-corrected chi connectivity index (χ2v) is 15.6. The Morgan fingerprint density at radius 1 is 0.852 bits per heavy atom. The monoisotopic (exact) mass is 865 g/mol. The first-order valence-electron chi connectivity index (χ1n) is 19.0. The zero-order valence-corrected chi connectivity index (χ0v) is 32.9. The van der Waals surface area contributed by atoms with E-state index in [1.807, 2.05) is 0 Å². The number of fused-ring (bicyclic) bond motifs is 2. The zero-order valence-electron chi connectivity index (χ0n) is 32.1. The molecule has 1 atom stereocenters. The molecule has 23 heteroatoms. The van der Waals surface area contributed by atoms with Crippen molar-refractivity contribution in [3.8, 4) is 22.0 Å². The Morgan fingerprint density at radius 2 is 1.64 bits per heavy atom. The van der Waals surface area contributed by atoms with E-state index in [0.29, 0.717) is 40.0 Å². The van der Waals surface area contributed by atoms with Gasteiger partial charge in [-0.25, -0.2) is 34.0 Å². The average Bonchev–Trinajstić information content (AvgIpc) is 4.07. The minimum atomic E-state index is -4.46. The summed E-state index contributed by atoms with van der Waals surface area (Å²) in [6.07, 6.45) is -3.34. The van der Waals surface area contributed by atoms with Gasteiger partial charge in [0, 0.05) is 31.9 Å². The van der Waals surface area contributed by atoms with Crippen molar-refractivity contribution in [1.29, 1.82) is 0 Å². The van der Waals surface area contributed by atoms with Crippen LogP contribution in [0.3, 0.4) is 0 Å². The molecule has 2 amide bonds. The van der Waals surface area contributed by atoms with Crippen LogP contribution < -0.4 is 20.4 Å². The number of aryl methyl sites for hydroxylation is 2. The van der Waals surface area contributed by atoms with Crippen LogP contribution in [0.5, 0.6) is 0 Å². The molecule has 7 aromatic rings. The average molecular weight is 866 g/mol. The zero-order chi connectivity index (χ0) is 42.8. The molecule has 61 heavy (non-hydrogen) atoms. The minimum Gasteiger partial charge on any atom is -0.442 e. The van der Waals surface area contributed by atoms with Gasteiger partial charge in [0.15, 0.2) is 28.6 Å². The fourth-order valence-corrected chi connectivity index (χ4v) is 8.68. The summed E-state index contributed by atoms with van der Waals surface area (Å²) in [5.41, 5.74) is 1.77. The maximum Gasteiger partial charge on any atom is 0.408 e. The molecule has 9 heterocycles.